The second kappa shape index (κ2) is 7.14. The van der Waals surface area contributed by atoms with Crippen molar-refractivity contribution in [2.75, 3.05) is 6.61 Å². The lowest BCUT2D eigenvalue weighted by Crippen LogP contribution is -2.11. The first-order valence-corrected chi connectivity index (χ1v) is 4.89. The van der Waals surface area contributed by atoms with Crippen LogP contribution in [0.4, 0.5) is 0 Å². The maximum absolute atomic E-state index is 11.3. The Morgan fingerprint density at radius 1 is 1.57 bits per heavy atom. The van der Waals surface area contributed by atoms with Gasteiger partial charge in [0.2, 0.25) is 0 Å². The molecule has 0 aliphatic rings. The summed E-state index contributed by atoms with van der Waals surface area (Å²) in [5, 5.41) is 8.67. The van der Waals surface area contributed by atoms with Crippen molar-refractivity contribution in [1.29, 1.82) is 5.26 Å². The van der Waals surface area contributed by atoms with Gasteiger partial charge in [-0.2, -0.15) is 5.26 Å². The number of nitrogens with zero attached hydrogens (tertiary/aromatic N) is 1. The van der Waals surface area contributed by atoms with E-state index in [1.807, 2.05) is 26.8 Å². The van der Waals surface area contributed by atoms with Gasteiger partial charge < -0.3 is 4.74 Å². The van der Waals surface area contributed by atoms with Crippen LogP contribution >= 0.6 is 0 Å². The Morgan fingerprint density at radius 3 is 2.64 bits per heavy atom. The lowest BCUT2D eigenvalue weighted by molar-refractivity contribution is -0.139. The number of allylic oxidation sites excluding steroid dienone is 1. The molecule has 0 rings (SSSR count). The number of nitriles is 1. The summed E-state index contributed by atoms with van der Waals surface area (Å²) >= 11 is 0. The maximum Gasteiger partial charge on any atom is 0.348 e. The molecule has 3 heteroatoms. The molecule has 0 spiro atoms. The molecule has 0 N–H and O–H groups in total. The Labute approximate surface area is 85.4 Å². The average molecular weight is 195 g/mol. The summed E-state index contributed by atoms with van der Waals surface area (Å²) in [4.78, 5) is 11.3. The summed E-state index contributed by atoms with van der Waals surface area (Å²) in [6, 6.07) is 1.85. The molecule has 0 aromatic heterocycles. The zero-order chi connectivity index (χ0) is 11.0. The summed E-state index contributed by atoms with van der Waals surface area (Å²) in [5.74, 6) is -0.209. The van der Waals surface area contributed by atoms with Gasteiger partial charge in [-0.3, -0.25) is 0 Å². The van der Waals surface area contributed by atoms with Crippen LogP contribution in [-0.2, 0) is 9.53 Å². The van der Waals surface area contributed by atoms with E-state index in [0.717, 1.165) is 12.8 Å². The van der Waals surface area contributed by atoms with Gasteiger partial charge in [0.05, 0.1) is 6.61 Å². The van der Waals surface area contributed by atoms with Crippen LogP contribution in [0.15, 0.2) is 11.6 Å². The maximum atomic E-state index is 11.3. The van der Waals surface area contributed by atoms with Gasteiger partial charge in [0.1, 0.15) is 11.6 Å². The minimum Gasteiger partial charge on any atom is -0.461 e. The summed E-state index contributed by atoms with van der Waals surface area (Å²) in [6.45, 7) is 6.26. The number of unbranched alkanes of at least 4 members (excludes halogenated alkanes) is 1. The molecule has 0 amide bonds. The minimum absolute atomic E-state index is 0.118. The van der Waals surface area contributed by atoms with Crippen molar-refractivity contribution in [3.63, 3.8) is 0 Å². The third kappa shape index (κ3) is 5.36. The van der Waals surface area contributed by atoms with Crippen LogP contribution in [-0.4, -0.2) is 12.6 Å². The summed E-state index contributed by atoms with van der Waals surface area (Å²) in [7, 11) is 0. The van der Waals surface area contributed by atoms with Gasteiger partial charge in [0.25, 0.3) is 0 Å². The lowest BCUT2D eigenvalue weighted by Gasteiger charge is -2.05. The van der Waals surface area contributed by atoms with E-state index in [-0.39, 0.29) is 5.57 Å². The number of rotatable bonds is 5. The predicted octanol–water partition coefficient (Wildman–Crippen LogP) is 2.44. The molecule has 0 fully saturated rings. The quantitative estimate of drug-likeness (QED) is 0.384. The standard InChI is InChI=1S/C11H17NO2/c1-4-5-6-10(7-12)11(13)14-8-9(2)3/h6,9H,4-5,8H2,1-3H3/b10-6+. The first kappa shape index (κ1) is 12.7. The number of hydrogen-bond donors (Lipinski definition) is 0. The van der Waals surface area contributed by atoms with E-state index in [9.17, 15) is 4.79 Å². The molecule has 0 aromatic carbocycles. The highest BCUT2D eigenvalue weighted by molar-refractivity contribution is 5.92. The van der Waals surface area contributed by atoms with Crippen LogP contribution in [0.2, 0.25) is 0 Å². The first-order chi connectivity index (χ1) is 6.61. The molecule has 0 radical (unpaired) electrons. The number of carbonyl (C=O) groups is 1. The number of esters is 1. The highest BCUT2D eigenvalue weighted by Gasteiger charge is 2.10. The van der Waals surface area contributed by atoms with Gasteiger partial charge in [0, 0.05) is 0 Å². The number of carbonyl (C=O) groups excluding carboxylic acids is 1. The molecule has 0 saturated heterocycles. The molecular formula is C11H17NO2. The highest BCUT2D eigenvalue weighted by atomic mass is 16.5. The van der Waals surface area contributed by atoms with Crippen molar-refractivity contribution < 1.29 is 9.53 Å². The topological polar surface area (TPSA) is 50.1 Å². The van der Waals surface area contributed by atoms with E-state index in [4.69, 9.17) is 10.00 Å². The van der Waals surface area contributed by atoms with Gasteiger partial charge in [-0.25, -0.2) is 4.79 Å². The molecule has 78 valence electrons. The molecular weight excluding hydrogens is 178 g/mol. The molecule has 0 aliphatic heterocycles. The Balaban J connectivity index is 4.13. The van der Waals surface area contributed by atoms with Crippen LogP contribution in [0.1, 0.15) is 33.6 Å². The molecule has 14 heavy (non-hydrogen) atoms. The van der Waals surface area contributed by atoms with Gasteiger partial charge in [0.15, 0.2) is 0 Å². The van der Waals surface area contributed by atoms with Crippen molar-refractivity contribution in [3.05, 3.63) is 11.6 Å². The average Bonchev–Trinajstić information content (AvgIpc) is 2.16. The Kier molecular flexibility index (Phi) is 6.47. The molecule has 0 unspecified atom stereocenters. The van der Waals surface area contributed by atoms with Gasteiger partial charge in [-0.1, -0.05) is 33.3 Å². The van der Waals surface area contributed by atoms with E-state index in [0.29, 0.717) is 12.5 Å². The fourth-order valence-corrected chi connectivity index (χ4v) is 0.783. The van der Waals surface area contributed by atoms with E-state index < -0.39 is 5.97 Å². The van der Waals surface area contributed by atoms with Crippen LogP contribution in [0.3, 0.4) is 0 Å². The van der Waals surface area contributed by atoms with E-state index in [1.165, 1.54) is 0 Å². The SMILES string of the molecule is CCC/C=C(\C#N)C(=O)OCC(C)C. The summed E-state index contributed by atoms with van der Waals surface area (Å²) in [5.41, 5.74) is 0.118. The lowest BCUT2D eigenvalue weighted by atomic mass is 10.2. The zero-order valence-electron chi connectivity index (χ0n) is 9.04. The van der Waals surface area contributed by atoms with Crippen LogP contribution in [0.5, 0.6) is 0 Å². The first-order valence-electron chi connectivity index (χ1n) is 4.89. The third-order valence-corrected chi connectivity index (χ3v) is 1.53. The number of hydrogen-bond acceptors (Lipinski definition) is 3. The smallest absolute Gasteiger partial charge is 0.348 e. The zero-order valence-corrected chi connectivity index (χ0v) is 9.04. The van der Waals surface area contributed by atoms with E-state index >= 15 is 0 Å². The van der Waals surface area contributed by atoms with Gasteiger partial charge >= 0.3 is 5.97 Å². The van der Waals surface area contributed by atoms with Crippen molar-refractivity contribution in [3.8, 4) is 6.07 Å². The highest BCUT2D eigenvalue weighted by Crippen LogP contribution is 2.02. The second-order valence-corrected chi connectivity index (χ2v) is 3.51. The fourth-order valence-electron chi connectivity index (χ4n) is 0.783. The minimum atomic E-state index is -0.505. The molecule has 0 aliphatic carbocycles. The Bertz CT molecular complexity index is 249. The van der Waals surface area contributed by atoms with Crippen molar-refractivity contribution in [2.45, 2.75) is 33.6 Å². The van der Waals surface area contributed by atoms with Crippen LogP contribution in [0.25, 0.3) is 0 Å². The third-order valence-electron chi connectivity index (χ3n) is 1.53. The van der Waals surface area contributed by atoms with Gasteiger partial charge in [-0.15, -0.1) is 0 Å². The Morgan fingerprint density at radius 2 is 2.21 bits per heavy atom. The van der Waals surface area contributed by atoms with Gasteiger partial charge in [-0.05, 0) is 12.3 Å². The normalized spacial score (nSPS) is 11.2. The van der Waals surface area contributed by atoms with E-state index in [2.05, 4.69) is 0 Å². The predicted molar refractivity (Wildman–Crippen MR) is 54.4 cm³/mol. The van der Waals surface area contributed by atoms with E-state index in [1.54, 1.807) is 6.08 Å². The molecule has 0 aromatic rings. The van der Waals surface area contributed by atoms with Crippen molar-refractivity contribution in [1.82, 2.24) is 0 Å². The van der Waals surface area contributed by atoms with Crippen molar-refractivity contribution >= 4 is 5.97 Å². The van der Waals surface area contributed by atoms with Crippen LogP contribution in [0, 0.1) is 17.2 Å². The van der Waals surface area contributed by atoms with Crippen LogP contribution < -0.4 is 0 Å². The second-order valence-electron chi connectivity index (χ2n) is 3.51. The summed E-state index contributed by atoms with van der Waals surface area (Å²) < 4.78 is 4.92. The molecule has 0 saturated carbocycles. The molecule has 3 nitrogen and oxygen atoms in total. The number of ether oxygens (including phenoxy) is 1. The molecule has 0 bridgehead atoms. The Hall–Kier alpha value is -1.30. The summed E-state index contributed by atoms with van der Waals surface area (Å²) in [6.07, 6.45) is 3.28. The molecule has 0 heterocycles. The fraction of sp³-hybridized carbons (Fsp3) is 0.636. The largest absolute Gasteiger partial charge is 0.461 e. The monoisotopic (exact) mass is 195 g/mol. The van der Waals surface area contributed by atoms with Crippen molar-refractivity contribution in [2.24, 2.45) is 5.92 Å². The molecule has 0 atom stereocenters.